The Morgan fingerprint density at radius 3 is 2.64 bits per heavy atom. The van der Waals surface area contributed by atoms with E-state index in [1.165, 1.54) is 11.1 Å². The van der Waals surface area contributed by atoms with Crippen molar-refractivity contribution in [1.82, 2.24) is 9.80 Å². The Balaban J connectivity index is 1.20. The Labute approximate surface area is 165 Å². The van der Waals surface area contributed by atoms with Crippen LogP contribution in [0.2, 0.25) is 0 Å². The normalized spacial score (nSPS) is 18.9. The van der Waals surface area contributed by atoms with Gasteiger partial charge in [-0.15, -0.1) is 0 Å². The van der Waals surface area contributed by atoms with Crippen molar-refractivity contribution in [2.75, 3.05) is 44.4 Å². The van der Waals surface area contributed by atoms with E-state index in [0.29, 0.717) is 6.79 Å². The molecule has 0 aromatic heterocycles. The number of fused-ring (bicyclic) bond motifs is 2. The Hall–Kier alpha value is -2.73. The first kappa shape index (κ1) is 17.4. The number of nitrogens with zero attached hydrogens (tertiary/aromatic N) is 3. The van der Waals surface area contributed by atoms with E-state index >= 15 is 0 Å². The summed E-state index contributed by atoms with van der Waals surface area (Å²) < 4.78 is 10.9. The minimum Gasteiger partial charge on any atom is -0.454 e. The smallest absolute Gasteiger partial charge is 0.324 e. The summed E-state index contributed by atoms with van der Waals surface area (Å²) >= 11 is 0. The number of ether oxygens (including phenoxy) is 2. The van der Waals surface area contributed by atoms with E-state index in [4.69, 9.17) is 9.47 Å². The molecule has 6 nitrogen and oxygen atoms in total. The molecule has 0 unspecified atom stereocenters. The molecule has 0 aliphatic carbocycles. The monoisotopic (exact) mass is 379 g/mol. The predicted octanol–water partition coefficient (Wildman–Crippen LogP) is 3.11. The summed E-state index contributed by atoms with van der Waals surface area (Å²) in [6, 6.07) is 14.6. The summed E-state index contributed by atoms with van der Waals surface area (Å²) in [5.74, 6) is 1.65. The molecule has 0 N–H and O–H groups in total. The first-order valence-corrected chi connectivity index (χ1v) is 10.0. The van der Waals surface area contributed by atoms with Gasteiger partial charge in [-0.3, -0.25) is 9.80 Å². The average molecular weight is 379 g/mol. The van der Waals surface area contributed by atoms with Gasteiger partial charge in [0, 0.05) is 45.0 Å². The highest BCUT2D eigenvalue weighted by Crippen LogP contribution is 2.33. The molecule has 28 heavy (non-hydrogen) atoms. The summed E-state index contributed by atoms with van der Waals surface area (Å²) in [5.41, 5.74) is 3.58. The molecule has 2 amide bonds. The lowest BCUT2D eigenvalue weighted by molar-refractivity contribution is 0.139. The SMILES string of the molecule is O=C(N1CCN(Cc2ccc3c(c2)OCO3)CC1)N1CCCc2ccccc21. The molecule has 5 rings (SSSR count). The van der Waals surface area contributed by atoms with Gasteiger partial charge >= 0.3 is 6.03 Å². The maximum Gasteiger partial charge on any atom is 0.324 e. The molecule has 6 heteroatoms. The van der Waals surface area contributed by atoms with Crippen LogP contribution in [-0.2, 0) is 13.0 Å². The van der Waals surface area contributed by atoms with Gasteiger partial charge in [0.15, 0.2) is 11.5 Å². The molecule has 0 bridgehead atoms. The van der Waals surface area contributed by atoms with Gasteiger partial charge in [-0.2, -0.15) is 0 Å². The largest absolute Gasteiger partial charge is 0.454 e. The number of piperazine rings is 1. The quantitative estimate of drug-likeness (QED) is 0.804. The van der Waals surface area contributed by atoms with Gasteiger partial charge in [-0.05, 0) is 42.2 Å². The van der Waals surface area contributed by atoms with Crippen LogP contribution in [0.15, 0.2) is 42.5 Å². The fourth-order valence-corrected chi connectivity index (χ4v) is 4.30. The van der Waals surface area contributed by atoms with Crippen molar-refractivity contribution in [2.24, 2.45) is 0 Å². The minimum atomic E-state index is 0.148. The van der Waals surface area contributed by atoms with Crippen molar-refractivity contribution < 1.29 is 14.3 Å². The summed E-state index contributed by atoms with van der Waals surface area (Å²) in [4.78, 5) is 19.5. The van der Waals surface area contributed by atoms with E-state index in [2.05, 4.69) is 35.2 Å². The molecule has 146 valence electrons. The molecule has 3 aliphatic heterocycles. The molecule has 2 aromatic carbocycles. The number of aryl methyl sites for hydroxylation is 1. The number of para-hydroxylation sites is 1. The first-order valence-electron chi connectivity index (χ1n) is 10.0. The van der Waals surface area contributed by atoms with Crippen LogP contribution in [0.1, 0.15) is 17.5 Å². The molecule has 0 spiro atoms. The average Bonchev–Trinajstić information content (AvgIpc) is 3.21. The zero-order chi connectivity index (χ0) is 18.9. The van der Waals surface area contributed by atoms with E-state index in [1.54, 1.807) is 0 Å². The van der Waals surface area contributed by atoms with Gasteiger partial charge in [-0.25, -0.2) is 4.79 Å². The lowest BCUT2D eigenvalue weighted by Gasteiger charge is -2.39. The highest BCUT2D eigenvalue weighted by atomic mass is 16.7. The Kier molecular flexibility index (Phi) is 4.56. The third-order valence-corrected chi connectivity index (χ3v) is 5.83. The second-order valence-corrected chi connectivity index (χ2v) is 7.62. The van der Waals surface area contributed by atoms with Crippen molar-refractivity contribution in [2.45, 2.75) is 19.4 Å². The van der Waals surface area contributed by atoms with Gasteiger partial charge in [0.1, 0.15) is 0 Å². The van der Waals surface area contributed by atoms with Crippen molar-refractivity contribution >= 4 is 11.7 Å². The van der Waals surface area contributed by atoms with Crippen molar-refractivity contribution in [3.63, 3.8) is 0 Å². The van der Waals surface area contributed by atoms with Crippen LogP contribution in [0.5, 0.6) is 11.5 Å². The molecule has 1 fully saturated rings. The lowest BCUT2D eigenvalue weighted by atomic mass is 10.0. The van der Waals surface area contributed by atoms with Gasteiger partial charge in [0.25, 0.3) is 0 Å². The summed E-state index contributed by atoms with van der Waals surface area (Å²) in [5, 5.41) is 0. The van der Waals surface area contributed by atoms with Gasteiger partial charge in [0.2, 0.25) is 6.79 Å². The van der Waals surface area contributed by atoms with E-state index in [9.17, 15) is 4.79 Å². The van der Waals surface area contributed by atoms with Gasteiger partial charge < -0.3 is 14.4 Å². The van der Waals surface area contributed by atoms with E-state index in [-0.39, 0.29) is 6.03 Å². The number of hydrogen-bond acceptors (Lipinski definition) is 4. The third-order valence-electron chi connectivity index (χ3n) is 5.83. The first-order chi connectivity index (χ1) is 13.8. The minimum absolute atomic E-state index is 0.148. The summed E-state index contributed by atoms with van der Waals surface area (Å²) in [6.07, 6.45) is 2.09. The fourth-order valence-electron chi connectivity index (χ4n) is 4.30. The third kappa shape index (κ3) is 3.29. The Bertz CT molecular complexity index is 877. The number of amides is 2. The second kappa shape index (κ2) is 7.36. The molecule has 0 radical (unpaired) electrons. The highest BCUT2D eigenvalue weighted by molar-refractivity contribution is 5.93. The van der Waals surface area contributed by atoms with Crippen molar-refractivity contribution in [1.29, 1.82) is 0 Å². The van der Waals surface area contributed by atoms with Gasteiger partial charge in [-0.1, -0.05) is 24.3 Å². The number of hydrogen-bond donors (Lipinski definition) is 0. The van der Waals surface area contributed by atoms with Crippen LogP contribution in [0, 0.1) is 0 Å². The zero-order valence-corrected chi connectivity index (χ0v) is 16.0. The highest BCUT2D eigenvalue weighted by Gasteiger charge is 2.29. The van der Waals surface area contributed by atoms with Crippen molar-refractivity contribution in [3.8, 4) is 11.5 Å². The van der Waals surface area contributed by atoms with E-state index in [0.717, 1.165) is 69.3 Å². The topological polar surface area (TPSA) is 45.3 Å². The van der Waals surface area contributed by atoms with E-state index < -0.39 is 0 Å². The number of carbonyl (C=O) groups excluding carboxylic acids is 1. The van der Waals surface area contributed by atoms with E-state index in [1.807, 2.05) is 21.9 Å². The molecular formula is C22H25N3O3. The standard InChI is InChI=1S/C22H25N3O3/c26-22(25-9-3-5-18-4-1-2-6-19(18)25)24-12-10-23(11-13-24)15-17-7-8-20-21(14-17)28-16-27-20/h1-2,4,6-8,14H,3,5,9-13,15-16H2. The number of urea groups is 1. The molecule has 1 saturated heterocycles. The molecule has 0 atom stereocenters. The number of carbonyl (C=O) groups is 1. The summed E-state index contributed by atoms with van der Waals surface area (Å²) in [6.45, 7) is 5.28. The predicted molar refractivity (Wildman–Crippen MR) is 107 cm³/mol. The number of benzene rings is 2. The molecule has 0 saturated carbocycles. The van der Waals surface area contributed by atoms with Crippen LogP contribution in [-0.4, -0.2) is 55.3 Å². The lowest BCUT2D eigenvalue weighted by Crippen LogP contribution is -2.53. The fraction of sp³-hybridized carbons (Fsp3) is 0.409. The van der Waals surface area contributed by atoms with Crippen molar-refractivity contribution in [3.05, 3.63) is 53.6 Å². The Morgan fingerprint density at radius 1 is 0.929 bits per heavy atom. The zero-order valence-electron chi connectivity index (χ0n) is 16.0. The van der Waals surface area contributed by atoms with Crippen LogP contribution < -0.4 is 14.4 Å². The maximum atomic E-state index is 13.1. The maximum absolute atomic E-state index is 13.1. The summed E-state index contributed by atoms with van der Waals surface area (Å²) in [7, 11) is 0. The second-order valence-electron chi connectivity index (χ2n) is 7.62. The number of rotatable bonds is 2. The van der Waals surface area contributed by atoms with Crippen LogP contribution in [0.4, 0.5) is 10.5 Å². The van der Waals surface area contributed by atoms with Crippen LogP contribution in [0.25, 0.3) is 0 Å². The molecular weight excluding hydrogens is 354 g/mol. The Morgan fingerprint density at radius 2 is 1.75 bits per heavy atom. The van der Waals surface area contributed by atoms with Gasteiger partial charge in [0.05, 0.1) is 0 Å². The molecule has 2 aromatic rings. The van der Waals surface area contributed by atoms with Crippen LogP contribution >= 0.6 is 0 Å². The van der Waals surface area contributed by atoms with Crippen LogP contribution in [0.3, 0.4) is 0 Å². The number of anilines is 1. The molecule has 3 aliphatic rings. The molecule has 3 heterocycles.